The number of imidazole rings is 1. The van der Waals surface area contributed by atoms with Crippen molar-refractivity contribution in [2.45, 2.75) is 25.3 Å². The molecule has 0 bridgehead atoms. The van der Waals surface area contributed by atoms with Gasteiger partial charge < -0.3 is 9.80 Å². The summed E-state index contributed by atoms with van der Waals surface area (Å²) < 4.78 is 2.07. The number of quaternary nitrogens is 1. The number of nitrogens with zero attached hydrogens (tertiary/aromatic N) is 3. The van der Waals surface area contributed by atoms with Crippen molar-refractivity contribution in [1.29, 1.82) is 0 Å². The highest BCUT2D eigenvalue weighted by molar-refractivity contribution is 7.15. The summed E-state index contributed by atoms with van der Waals surface area (Å²) in [5.41, 5.74) is 3.08. The molecule has 1 aliphatic heterocycles. The molecule has 0 aliphatic carbocycles. The largest absolute Gasteiger partial charge is 0.342 e. The molecule has 1 aromatic carbocycles. The zero-order valence-electron chi connectivity index (χ0n) is 15.3. The predicted octanol–water partition coefficient (Wildman–Crippen LogP) is 1.74. The second kappa shape index (κ2) is 7.21. The fourth-order valence-corrected chi connectivity index (χ4v) is 4.54. The summed E-state index contributed by atoms with van der Waals surface area (Å²) in [4.78, 5) is 22.0. The molecule has 3 aromatic rings. The Labute approximate surface area is 157 Å². The summed E-state index contributed by atoms with van der Waals surface area (Å²) in [6.07, 6.45) is 4.66. The van der Waals surface area contributed by atoms with Crippen LogP contribution < -0.4 is 4.90 Å². The highest BCUT2D eigenvalue weighted by Crippen LogP contribution is 2.24. The van der Waals surface area contributed by atoms with Crippen molar-refractivity contribution in [2.24, 2.45) is 0 Å². The van der Waals surface area contributed by atoms with E-state index < -0.39 is 0 Å². The van der Waals surface area contributed by atoms with Gasteiger partial charge in [0.2, 0.25) is 5.91 Å². The van der Waals surface area contributed by atoms with Gasteiger partial charge in [-0.15, -0.1) is 11.3 Å². The highest BCUT2D eigenvalue weighted by atomic mass is 32.1. The summed E-state index contributed by atoms with van der Waals surface area (Å²) in [6.45, 7) is 2.29. The molecule has 3 heterocycles. The fraction of sp³-hybridized carbons (Fsp3) is 0.400. The molecule has 0 unspecified atom stereocenters. The quantitative estimate of drug-likeness (QED) is 0.761. The number of likely N-dealkylation sites (N-methyl/N-ethyl adjacent to an activating group) is 1. The van der Waals surface area contributed by atoms with E-state index in [0.717, 1.165) is 47.8 Å². The normalized spacial score (nSPS) is 20.4. The van der Waals surface area contributed by atoms with Crippen LogP contribution in [0.1, 0.15) is 18.5 Å². The molecule has 1 fully saturated rings. The molecular weight excluding hydrogens is 344 g/mol. The van der Waals surface area contributed by atoms with E-state index >= 15 is 0 Å². The molecule has 0 spiro atoms. The monoisotopic (exact) mass is 369 g/mol. The Balaban J connectivity index is 1.50. The Morgan fingerprint density at radius 3 is 2.77 bits per heavy atom. The Hall–Kier alpha value is -2.18. The number of rotatable bonds is 4. The topological polar surface area (TPSA) is 42.0 Å². The number of aromatic nitrogens is 2. The second-order valence-electron chi connectivity index (χ2n) is 7.24. The van der Waals surface area contributed by atoms with Gasteiger partial charge in [0.05, 0.1) is 32.3 Å². The lowest BCUT2D eigenvalue weighted by molar-refractivity contribution is -0.885. The standard InChI is InChI=1S/C20H24N4OS/c1-22-10-8-16(9-11-22)23(2)19(25)12-17-14-26-20-21-18(13-24(17)20)15-6-4-3-5-7-15/h3-7,13-14,16H,8-12H2,1-2H3/p+1. The maximum Gasteiger partial charge on any atom is 0.228 e. The fourth-order valence-electron chi connectivity index (χ4n) is 3.67. The van der Waals surface area contributed by atoms with Gasteiger partial charge in [0.1, 0.15) is 0 Å². The number of nitrogens with one attached hydrogen (secondary N) is 1. The zero-order valence-corrected chi connectivity index (χ0v) is 16.1. The van der Waals surface area contributed by atoms with Crippen molar-refractivity contribution in [3.63, 3.8) is 0 Å². The first kappa shape index (κ1) is 17.2. The third kappa shape index (κ3) is 3.39. The lowest BCUT2D eigenvalue weighted by Gasteiger charge is -2.33. The molecule has 136 valence electrons. The van der Waals surface area contributed by atoms with Crippen LogP contribution in [0, 0.1) is 0 Å². The molecular formula is C20H25N4OS+. The van der Waals surface area contributed by atoms with Crippen molar-refractivity contribution < 1.29 is 9.69 Å². The van der Waals surface area contributed by atoms with Crippen LogP contribution in [-0.2, 0) is 11.2 Å². The molecule has 0 radical (unpaired) electrons. The van der Waals surface area contributed by atoms with Crippen molar-refractivity contribution in [3.8, 4) is 11.3 Å². The molecule has 0 saturated carbocycles. The van der Waals surface area contributed by atoms with Gasteiger partial charge in [-0.3, -0.25) is 9.20 Å². The van der Waals surface area contributed by atoms with E-state index in [9.17, 15) is 4.79 Å². The highest BCUT2D eigenvalue weighted by Gasteiger charge is 2.26. The number of carbonyl (C=O) groups is 1. The minimum atomic E-state index is 0.198. The van der Waals surface area contributed by atoms with Gasteiger partial charge in [0, 0.05) is 48.8 Å². The van der Waals surface area contributed by atoms with Gasteiger partial charge >= 0.3 is 0 Å². The number of carbonyl (C=O) groups excluding carboxylic acids is 1. The number of piperidine rings is 1. The molecule has 5 nitrogen and oxygen atoms in total. The zero-order chi connectivity index (χ0) is 18.1. The Morgan fingerprint density at radius 1 is 1.31 bits per heavy atom. The summed E-state index contributed by atoms with van der Waals surface area (Å²) in [6, 6.07) is 10.5. The van der Waals surface area contributed by atoms with Gasteiger partial charge in [-0.05, 0) is 0 Å². The van der Waals surface area contributed by atoms with Gasteiger partial charge in [0.15, 0.2) is 4.96 Å². The average Bonchev–Trinajstić information content (AvgIpc) is 3.24. The van der Waals surface area contributed by atoms with Crippen LogP contribution in [0.15, 0.2) is 41.9 Å². The Morgan fingerprint density at radius 2 is 2.04 bits per heavy atom. The maximum atomic E-state index is 12.8. The van der Waals surface area contributed by atoms with Crippen LogP contribution in [0.25, 0.3) is 16.2 Å². The maximum absolute atomic E-state index is 12.8. The molecule has 1 amide bonds. The SMILES string of the molecule is CN(C(=O)Cc1csc2nc(-c3ccccc3)cn12)C1CC[NH+](C)CC1. The summed E-state index contributed by atoms with van der Waals surface area (Å²) in [5, 5.41) is 2.06. The number of hydrogen-bond donors (Lipinski definition) is 1. The molecule has 1 saturated heterocycles. The Bertz CT molecular complexity index is 893. The van der Waals surface area contributed by atoms with E-state index in [-0.39, 0.29) is 5.91 Å². The Kier molecular flexibility index (Phi) is 4.78. The lowest BCUT2D eigenvalue weighted by Crippen LogP contribution is -3.10. The average molecular weight is 370 g/mol. The van der Waals surface area contributed by atoms with Gasteiger partial charge in [-0.2, -0.15) is 0 Å². The first-order chi connectivity index (χ1) is 12.6. The van der Waals surface area contributed by atoms with Gasteiger partial charge in [-0.25, -0.2) is 4.98 Å². The van der Waals surface area contributed by atoms with Crippen LogP contribution in [0.2, 0.25) is 0 Å². The van der Waals surface area contributed by atoms with Crippen LogP contribution in [0.3, 0.4) is 0 Å². The van der Waals surface area contributed by atoms with E-state index in [1.54, 1.807) is 16.2 Å². The first-order valence-electron chi connectivity index (χ1n) is 9.19. The summed E-state index contributed by atoms with van der Waals surface area (Å²) >= 11 is 1.60. The molecule has 1 aliphatic rings. The number of benzene rings is 1. The molecule has 0 atom stereocenters. The number of amides is 1. The third-order valence-corrected chi connectivity index (χ3v) is 6.32. The molecule has 1 N–H and O–H groups in total. The van der Waals surface area contributed by atoms with E-state index in [1.807, 2.05) is 36.3 Å². The molecule has 2 aromatic heterocycles. The smallest absolute Gasteiger partial charge is 0.228 e. The van der Waals surface area contributed by atoms with Gasteiger partial charge in [-0.1, -0.05) is 30.3 Å². The second-order valence-corrected chi connectivity index (χ2v) is 8.08. The van der Waals surface area contributed by atoms with Crippen molar-refractivity contribution >= 4 is 22.2 Å². The van der Waals surface area contributed by atoms with Crippen LogP contribution >= 0.6 is 11.3 Å². The third-order valence-electron chi connectivity index (χ3n) is 5.44. The van der Waals surface area contributed by atoms with E-state index in [0.29, 0.717) is 12.5 Å². The van der Waals surface area contributed by atoms with Crippen LogP contribution in [-0.4, -0.2) is 53.4 Å². The van der Waals surface area contributed by atoms with Crippen molar-refractivity contribution in [1.82, 2.24) is 14.3 Å². The molecule has 4 rings (SSSR count). The molecule has 6 heteroatoms. The minimum Gasteiger partial charge on any atom is -0.342 e. The van der Waals surface area contributed by atoms with E-state index in [2.05, 4.69) is 29.0 Å². The van der Waals surface area contributed by atoms with E-state index in [1.165, 1.54) is 0 Å². The number of thiazole rings is 1. The lowest BCUT2D eigenvalue weighted by atomic mass is 10.0. The number of fused-ring (bicyclic) bond motifs is 1. The number of hydrogen-bond acceptors (Lipinski definition) is 3. The summed E-state index contributed by atoms with van der Waals surface area (Å²) in [7, 11) is 4.18. The van der Waals surface area contributed by atoms with Gasteiger partial charge in [0.25, 0.3) is 0 Å². The van der Waals surface area contributed by atoms with Crippen LogP contribution in [0.5, 0.6) is 0 Å². The predicted molar refractivity (Wildman–Crippen MR) is 105 cm³/mol. The number of likely N-dealkylation sites (tertiary alicyclic amines) is 1. The van der Waals surface area contributed by atoms with Crippen molar-refractivity contribution in [3.05, 3.63) is 47.6 Å². The van der Waals surface area contributed by atoms with E-state index in [4.69, 9.17) is 4.98 Å². The first-order valence-corrected chi connectivity index (χ1v) is 10.1. The van der Waals surface area contributed by atoms with Crippen molar-refractivity contribution in [2.75, 3.05) is 27.2 Å². The molecule has 26 heavy (non-hydrogen) atoms. The summed E-state index contributed by atoms with van der Waals surface area (Å²) in [5.74, 6) is 0.198. The minimum absolute atomic E-state index is 0.198. The van der Waals surface area contributed by atoms with Crippen LogP contribution in [0.4, 0.5) is 0 Å².